The second-order valence-corrected chi connectivity index (χ2v) is 1.30. The molecule has 0 atom stereocenters. The summed E-state index contributed by atoms with van der Waals surface area (Å²) in [4.78, 5) is 0. The molecule has 0 unspecified atom stereocenters. The molecule has 1 nitrogen and oxygen atoms in total. The third-order valence-corrected chi connectivity index (χ3v) is 0.706. The molecule has 1 aromatic rings. The van der Waals surface area contributed by atoms with E-state index in [4.69, 9.17) is 13.3 Å². The fourth-order valence-electron chi connectivity index (χ4n) is 0.353. The number of hydrogen-bond acceptors (Lipinski definition) is 1. The Balaban J connectivity index is 3.68. The molecule has 1 N–H and O–H groups in total. The summed E-state index contributed by atoms with van der Waals surface area (Å²) in [7, 11) is 0. The lowest BCUT2D eigenvalue weighted by Crippen LogP contribution is -1.81. The van der Waals surface area contributed by atoms with Gasteiger partial charge in [-0.15, -0.1) is 0 Å². The zero-order chi connectivity index (χ0) is 12.0. The molecule has 2 heteroatoms. The summed E-state index contributed by atoms with van der Waals surface area (Å²) in [6.07, 6.45) is 0. The van der Waals surface area contributed by atoms with Gasteiger partial charge in [0.1, 0.15) is 5.82 Å². The SMILES string of the molecule is [2H]c1c([2H])c(C([2H])([2H])O)c([2H])c([2H])c1F. The highest BCUT2D eigenvalue weighted by atomic mass is 19.1. The number of benzene rings is 1. The lowest BCUT2D eigenvalue weighted by Gasteiger charge is -1.91. The molecule has 1 rings (SSSR count). The van der Waals surface area contributed by atoms with Crippen LogP contribution in [0, 0.1) is 5.82 Å². The summed E-state index contributed by atoms with van der Waals surface area (Å²) in [6.45, 7) is -3.03. The molecule has 0 bridgehead atoms. The van der Waals surface area contributed by atoms with Crippen LogP contribution >= 0.6 is 0 Å². The van der Waals surface area contributed by atoms with Crippen molar-refractivity contribution in [3.05, 3.63) is 35.6 Å². The molecular formula is C7H7FO. The van der Waals surface area contributed by atoms with E-state index in [0.717, 1.165) is 0 Å². The molecule has 0 saturated carbocycles. The zero-order valence-electron chi connectivity index (χ0n) is 10.3. The van der Waals surface area contributed by atoms with E-state index >= 15 is 0 Å². The molecule has 0 fully saturated rings. The average molecular weight is 132 g/mol. The van der Waals surface area contributed by atoms with Crippen LogP contribution in [-0.4, -0.2) is 5.11 Å². The lowest BCUT2D eigenvalue weighted by atomic mass is 10.2. The maximum absolute atomic E-state index is 13.0. The van der Waals surface area contributed by atoms with Gasteiger partial charge >= 0.3 is 0 Å². The second kappa shape index (κ2) is 2.60. The van der Waals surface area contributed by atoms with Crippen LogP contribution in [0.5, 0.6) is 0 Å². The van der Waals surface area contributed by atoms with Crippen molar-refractivity contribution < 1.29 is 17.7 Å². The summed E-state index contributed by atoms with van der Waals surface area (Å²) in [5.74, 6) is -1.36. The van der Waals surface area contributed by atoms with Crippen molar-refractivity contribution in [3.8, 4) is 0 Å². The van der Waals surface area contributed by atoms with Gasteiger partial charge in [0.15, 0.2) is 0 Å². The van der Waals surface area contributed by atoms with E-state index in [0.29, 0.717) is 0 Å². The van der Waals surface area contributed by atoms with Crippen LogP contribution in [0.3, 0.4) is 0 Å². The lowest BCUT2D eigenvalue weighted by molar-refractivity contribution is 0.281. The van der Waals surface area contributed by atoms with Gasteiger partial charge in [-0.25, -0.2) is 4.39 Å². The summed E-state index contributed by atoms with van der Waals surface area (Å²) in [5.41, 5.74) is -0.862. The Bertz CT molecular complexity index is 384. The van der Waals surface area contributed by atoms with Crippen LogP contribution in [-0.2, 0) is 6.56 Å². The highest BCUT2D eigenvalue weighted by Crippen LogP contribution is 2.00. The largest absolute Gasteiger partial charge is 0.392 e. The molecule has 48 valence electrons. The Kier molecular flexibility index (Phi) is 0.594. The van der Waals surface area contributed by atoms with Gasteiger partial charge in [0.05, 0.1) is 14.8 Å². The molecule has 0 spiro atoms. The van der Waals surface area contributed by atoms with Crippen LogP contribution in [0.15, 0.2) is 24.2 Å². The van der Waals surface area contributed by atoms with Gasteiger partial charge in [0.2, 0.25) is 0 Å². The van der Waals surface area contributed by atoms with E-state index in [2.05, 4.69) is 0 Å². The standard InChI is InChI=1S/C7H7FO/c8-7-3-1-6(5-9)2-4-7/h1-4,9H,5H2/i1D,2D,3D,4D,5D2. The number of rotatable bonds is 1. The second-order valence-electron chi connectivity index (χ2n) is 1.30. The van der Waals surface area contributed by atoms with Crippen LogP contribution in [0.25, 0.3) is 0 Å². The molecule has 0 saturated heterocycles. The predicted octanol–water partition coefficient (Wildman–Crippen LogP) is 1.32. The van der Waals surface area contributed by atoms with Gasteiger partial charge in [-0.3, -0.25) is 0 Å². The van der Waals surface area contributed by atoms with E-state index in [1.807, 2.05) is 0 Å². The fourth-order valence-corrected chi connectivity index (χ4v) is 0.353. The first-order valence-electron chi connectivity index (χ1n) is 5.16. The predicted molar refractivity (Wildman–Crippen MR) is 32.3 cm³/mol. The van der Waals surface area contributed by atoms with Gasteiger partial charge in [-0.2, -0.15) is 0 Å². The summed E-state index contributed by atoms with van der Waals surface area (Å²) >= 11 is 0. The van der Waals surface area contributed by atoms with Crippen molar-refractivity contribution in [1.29, 1.82) is 0 Å². The Labute approximate surface area is 61.2 Å². The van der Waals surface area contributed by atoms with Crippen molar-refractivity contribution >= 4 is 0 Å². The first kappa shape index (κ1) is 2.06. The molecule has 1 aromatic carbocycles. The Morgan fingerprint density at radius 1 is 1.56 bits per heavy atom. The minimum atomic E-state index is -3.03. The molecule has 0 aliphatic heterocycles. The van der Waals surface area contributed by atoms with E-state index in [1.54, 1.807) is 0 Å². The molecule has 0 heterocycles. The van der Waals surface area contributed by atoms with Gasteiger partial charge in [0.25, 0.3) is 0 Å². The fraction of sp³-hybridized carbons (Fsp3) is 0.143. The normalized spacial score (nSPS) is 20.7. The molecular weight excluding hydrogens is 119 g/mol. The third kappa shape index (κ3) is 1.50. The van der Waals surface area contributed by atoms with Crippen LogP contribution < -0.4 is 0 Å². The van der Waals surface area contributed by atoms with E-state index < -0.39 is 42.1 Å². The summed E-state index contributed by atoms with van der Waals surface area (Å²) in [6, 6.07) is -3.82. The molecule has 0 radical (unpaired) electrons. The van der Waals surface area contributed by atoms with Gasteiger partial charge in [-0.05, 0) is 17.6 Å². The number of aliphatic hydroxyl groups is 1. The zero-order valence-corrected chi connectivity index (χ0v) is 4.33. The highest BCUT2D eigenvalue weighted by molar-refractivity contribution is 5.14. The van der Waals surface area contributed by atoms with Crippen molar-refractivity contribution in [3.63, 3.8) is 0 Å². The summed E-state index contributed by atoms with van der Waals surface area (Å²) < 4.78 is 55.3. The topological polar surface area (TPSA) is 20.2 Å². The van der Waals surface area contributed by atoms with Gasteiger partial charge < -0.3 is 5.11 Å². The first-order chi connectivity index (χ1) is 6.68. The van der Waals surface area contributed by atoms with Crippen LogP contribution in [0.1, 0.15) is 13.8 Å². The Hall–Kier alpha value is -0.890. The van der Waals surface area contributed by atoms with E-state index in [-0.39, 0.29) is 0 Å². The van der Waals surface area contributed by atoms with Crippen LogP contribution in [0.4, 0.5) is 4.39 Å². The van der Waals surface area contributed by atoms with Gasteiger partial charge in [-0.1, -0.05) is 12.1 Å². The van der Waals surface area contributed by atoms with Crippen molar-refractivity contribution in [2.24, 2.45) is 0 Å². The minimum Gasteiger partial charge on any atom is -0.392 e. The molecule has 9 heavy (non-hydrogen) atoms. The van der Waals surface area contributed by atoms with E-state index in [9.17, 15) is 4.39 Å². The van der Waals surface area contributed by atoms with Crippen molar-refractivity contribution in [2.75, 3.05) is 0 Å². The minimum absolute atomic E-state index is 0.862. The van der Waals surface area contributed by atoms with Crippen molar-refractivity contribution in [1.82, 2.24) is 0 Å². The quantitative estimate of drug-likeness (QED) is 0.611. The summed E-state index contributed by atoms with van der Waals surface area (Å²) in [5, 5.41) is 8.99. The maximum Gasteiger partial charge on any atom is 0.123 e. The Morgan fingerprint density at radius 2 is 2.11 bits per heavy atom. The van der Waals surface area contributed by atoms with E-state index in [1.165, 1.54) is 0 Å². The highest BCUT2D eigenvalue weighted by Gasteiger charge is 1.88. The van der Waals surface area contributed by atoms with Gasteiger partial charge in [0, 0.05) is 0 Å². The molecule has 0 aliphatic rings. The first-order valence-corrected chi connectivity index (χ1v) is 2.16. The molecule has 0 amide bonds. The number of halogens is 1. The molecule has 0 aromatic heterocycles. The Morgan fingerprint density at radius 3 is 2.56 bits per heavy atom. The number of hydrogen-bond donors (Lipinski definition) is 1. The average Bonchev–Trinajstić information content (AvgIpc) is 2.09. The van der Waals surface area contributed by atoms with Crippen LogP contribution in [0.2, 0.25) is 0 Å². The smallest absolute Gasteiger partial charge is 0.123 e. The monoisotopic (exact) mass is 132 g/mol. The molecule has 0 aliphatic carbocycles. The third-order valence-electron chi connectivity index (χ3n) is 0.706. The van der Waals surface area contributed by atoms with Crippen molar-refractivity contribution in [2.45, 2.75) is 6.56 Å². The maximum atomic E-state index is 13.0.